The molecule has 142 valence electrons. The molecule has 2 aromatic carbocycles. The van der Waals surface area contributed by atoms with E-state index in [4.69, 9.17) is 9.47 Å². The van der Waals surface area contributed by atoms with Gasteiger partial charge in [-0.25, -0.2) is 14.0 Å². The van der Waals surface area contributed by atoms with Crippen LogP contribution in [0.4, 0.5) is 10.1 Å². The Morgan fingerprint density at radius 3 is 2.11 bits per heavy atom. The summed E-state index contributed by atoms with van der Waals surface area (Å²) < 4.78 is 23.8. The van der Waals surface area contributed by atoms with E-state index in [0.29, 0.717) is 0 Å². The standard InChI is InChI=1S/C19H18FNO6/c1-12(2)10-26-18(22)13-3-5-14(6-4-13)19(23)27-11-15-9-16(21(24)25)7-8-17(15)20/h3-9,12H,10-11H2,1-2H3. The molecule has 0 spiro atoms. The maximum atomic E-state index is 13.7. The molecule has 0 saturated carbocycles. The minimum absolute atomic E-state index is 0.105. The predicted octanol–water partition coefficient (Wildman–Crippen LogP) is 3.90. The van der Waals surface area contributed by atoms with Gasteiger partial charge in [-0.1, -0.05) is 13.8 Å². The van der Waals surface area contributed by atoms with Gasteiger partial charge in [0.1, 0.15) is 12.4 Å². The molecule has 0 aromatic heterocycles. The van der Waals surface area contributed by atoms with Crippen LogP contribution in [0.5, 0.6) is 0 Å². The van der Waals surface area contributed by atoms with Crippen LogP contribution < -0.4 is 0 Å². The summed E-state index contributed by atoms with van der Waals surface area (Å²) in [6.07, 6.45) is 0. The number of esters is 2. The lowest BCUT2D eigenvalue weighted by molar-refractivity contribution is -0.385. The van der Waals surface area contributed by atoms with Crippen molar-refractivity contribution in [2.75, 3.05) is 6.61 Å². The molecule has 0 saturated heterocycles. The molecular formula is C19H18FNO6. The number of nitro groups is 1. The summed E-state index contributed by atoms with van der Waals surface area (Å²) in [5.74, 6) is -1.75. The number of nitrogens with zero attached hydrogens (tertiary/aromatic N) is 1. The van der Waals surface area contributed by atoms with E-state index in [2.05, 4.69) is 0 Å². The predicted molar refractivity (Wildman–Crippen MR) is 93.7 cm³/mol. The van der Waals surface area contributed by atoms with Gasteiger partial charge in [0.15, 0.2) is 0 Å². The van der Waals surface area contributed by atoms with E-state index < -0.39 is 29.3 Å². The van der Waals surface area contributed by atoms with Crippen LogP contribution in [-0.2, 0) is 16.1 Å². The Labute approximate surface area is 154 Å². The molecule has 0 bridgehead atoms. The first-order valence-corrected chi connectivity index (χ1v) is 8.15. The van der Waals surface area contributed by atoms with Crippen molar-refractivity contribution in [1.29, 1.82) is 0 Å². The van der Waals surface area contributed by atoms with Gasteiger partial charge in [0, 0.05) is 17.7 Å². The van der Waals surface area contributed by atoms with E-state index in [9.17, 15) is 24.1 Å². The Bertz CT molecular complexity index is 848. The fourth-order valence-corrected chi connectivity index (χ4v) is 2.08. The normalized spacial score (nSPS) is 10.5. The van der Waals surface area contributed by atoms with Gasteiger partial charge in [0.25, 0.3) is 5.69 Å². The molecule has 0 fully saturated rings. The minimum Gasteiger partial charge on any atom is -0.462 e. The summed E-state index contributed by atoms with van der Waals surface area (Å²) in [6, 6.07) is 8.60. The van der Waals surface area contributed by atoms with E-state index in [1.54, 1.807) is 0 Å². The third-order valence-electron chi connectivity index (χ3n) is 3.50. The lowest BCUT2D eigenvalue weighted by Gasteiger charge is -2.08. The number of hydrogen-bond acceptors (Lipinski definition) is 6. The van der Waals surface area contributed by atoms with Crippen molar-refractivity contribution in [3.63, 3.8) is 0 Å². The van der Waals surface area contributed by atoms with E-state index in [-0.39, 0.29) is 34.9 Å². The zero-order valence-electron chi connectivity index (χ0n) is 14.8. The number of carbonyl (C=O) groups excluding carboxylic acids is 2. The van der Waals surface area contributed by atoms with E-state index in [1.165, 1.54) is 24.3 Å². The molecule has 0 N–H and O–H groups in total. The maximum absolute atomic E-state index is 13.7. The molecule has 0 radical (unpaired) electrons. The highest BCUT2D eigenvalue weighted by Crippen LogP contribution is 2.18. The number of non-ortho nitro benzene ring substituents is 1. The van der Waals surface area contributed by atoms with Gasteiger partial charge in [-0.2, -0.15) is 0 Å². The first-order valence-electron chi connectivity index (χ1n) is 8.15. The van der Waals surface area contributed by atoms with Crippen LogP contribution in [0.25, 0.3) is 0 Å². The zero-order valence-corrected chi connectivity index (χ0v) is 14.8. The number of carbonyl (C=O) groups is 2. The molecule has 0 atom stereocenters. The molecule has 0 aliphatic carbocycles. The first kappa shape index (κ1) is 20.0. The highest BCUT2D eigenvalue weighted by atomic mass is 19.1. The Morgan fingerprint density at radius 1 is 1.04 bits per heavy atom. The van der Waals surface area contributed by atoms with Crippen LogP contribution in [0.1, 0.15) is 40.1 Å². The average molecular weight is 375 g/mol. The number of benzene rings is 2. The average Bonchev–Trinajstić information content (AvgIpc) is 2.65. The molecular weight excluding hydrogens is 357 g/mol. The van der Waals surface area contributed by atoms with Crippen LogP contribution in [0.2, 0.25) is 0 Å². The third kappa shape index (κ3) is 5.60. The summed E-state index contributed by atoms with van der Waals surface area (Å²) in [4.78, 5) is 33.9. The van der Waals surface area contributed by atoms with Crippen molar-refractivity contribution in [3.05, 3.63) is 75.1 Å². The number of hydrogen-bond donors (Lipinski definition) is 0. The van der Waals surface area contributed by atoms with Gasteiger partial charge < -0.3 is 9.47 Å². The minimum atomic E-state index is -0.747. The molecule has 0 amide bonds. The SMILES string of the molecule is CC(C)COC(=O)c1ccc(C(=O)OCc2cc([N+](=O)[O-])ccc2F)cc1. The number of nitro benzene ring substituents is 1. The summed E-state index contributed by atoms with van der Waals surface area (Å²) in [7, 11) is 0. The van der Waals surface area contributed by atoms with Crippen molar-refractivity contribution in [2.45, 2.75) is 20.5 Å². The second kappa shape index (κ2) is 8.88. The lowest BCUT2D eigenvalue weighted by atomic mass is 10.1. The second-order valence-electron chi connectivity index (χ2n) is 6.18. The summed E-state index contributed by atoms with van der Waals surface area (Å²) in [5.41, 5.74) is 0.0383. The topological polar surface area (TPSA) is 95.7 Å². The zero-order chi connectivity index (χ0) is 20.0. The van der Waals surface area contributed by atoms with Crippen molar-refractivity contribution >= 4 is 17.6 Å². The third-order valence-corrected chi connectivity index (χ3v) is 3.50. The second-order valence-corrected chi connectivity index (χ2v) is 6.18. The highest BCUT2D eigenvalue weighted by molar-refractivity contribution is 5.93. The van der Waals surface area contributed by atoms with Crippen LogP contribution in [0.3, 0.4) is 0 Å². The van der Waals surface area contributed by atoms with Gasteiger partial charge >= 0.3 is 11.9 Å². The fourth-order valence-electron chi connectivity index (χ4n) is 2.08. The number of halogens is 1. The molecule has 0 aliphatic heterocycles. The lowest BCUT2D eigenvalue weighted by Crippen LogP contribution is -2.11. The van der Waals surface area contributed by atoms with Crippen molar-refractivity contribution in [2.24, 2.45) is 5.92 Å². The number of ether oxygens (including phenoxy) is 2. The van der Waals surface area contributed by atoms with Gasteiger partial charge in [0.2, 0.25) is 0 Å². The molecule has 0 heterocycles. The Hall–Kier alpha value is -3.29. The maximum Gasteiger partial charge on any atom is 0.338 e. The molecule has 0 aliphatic rings. The van der Waals surface area contributed by atoms with Crippen LogP contribution in [-0.4, -0.2) is 23.5 Å². The molecule has 2 aromatic rings. The highest BCUT2D eigenvalue weighted by Gasteiger charge is 2.15. The van der Waals surface area contributed by atoms with Crippen LogP contribution >= 0.6 is 0 Å². The Kier molecular flexibility index (Phi) is 6.59. The Balaban J connectivity index is 1.99. The Morgan fingerprint density at radius 2 is 1.59 bits per heavy atom. The van der Waals surface area contributed by atoms with Crippen molar-refractivity contribution in [1.82, 2.24) is 0 Å². The summed E-state index contributed by atoms with van der Waals surface area (Å²) in [5, 5.41) is 10.7. The van der Waals surface area contributed by atoms with E-state index in [1.807, 2.05) is 13.8 Å². The van der Waals surface area contributed by atoms with Gasteiger partial charge in [-0.3, -0.25) is 10.1 Å². The van der Waals surface area contributed by atoms with Crippen molar-refractivity contribution < 1.29 is 28.4 Å². The van der Waals surface area contributed by atoms with Gasteiger partial charge in [-0.15, -0.1) is 0 Å². The van der Waals surface area contributed by atoms with Gasteiger partial charge in [0.05, 0.1) is 22.7 Å². The molecule has 7 nitrogen and oxygen atoms in total. The fraction of sp³-hybridized carbons (Fsp3) is 0.263. The summed E-state index contributed by atoms with van der Waals surface area (Å²) >= 11 is 0. The molecule has 27 heavy (non-hydrogen) atoms. The van der Waals surface area contributed by atoms with E-state index in [0.717, 1.165) is 18.2 Å². The largest absolute Gasteiger partial charge is 0.462 e. The molecule has 2 rings (SSSR count). The van der Waals surface area contributed by atoms with Crippen molar-refractivity contribution in [3.8, 4) is 0 Å². The quantitative estimate of drug-likeness (QED) is 0.414. The summed E-state index contributed by atoms with van der Waals surface area (Å²) in [6.45, 7) is 3.66. The molecule has 0 unspecified atom stereocenters. The molecule has 8 heteroatoms. The smallest absolute Gasteiger partial charge is 0.338 e. The van der Waals surface area contributed by atoms with Crippen LogP contribution in [0, 0.1) is 21.8 Å². The van der Waals surface area contributed by atoms with Gasteiger partial charge in [-0.05, 0) is 36.2 Å². The monoisotopic (exact) mass is 375 g/mol. The first-order chi connectivity index (χ1) is 12.8. The van der Waals surface area contributed by atoms with E-state index >= 15 is 0 Å². The van der Waals surface area contributed by atoms with Crippen LogP contribution in [0.15, 0.2) is 42.5 Å². The number of rotatable bonds is 7.